The lowest BCUT2D eigenvalue weighted by atomic mass is 9.78. The zero-order valence-corrected chi connectivity index (χ0v) is 9.49. The van der Waals surface area contributed by atoms with Crippen molar-refractivity contribution in [1.82, 2.24) is 10.2 Å². The number of nitrogens with zero attached hydrogens (tertiary/aromatic N) is 2. The summed E-state index contributed by atoms with van der Waals surface area (Å²) in [4.78, 5) is 0. The molecule has 1 aliphatic carbocycles. The van der Waals surface area contributed by atoms with Gasteiger partial charge in [0.1, 0.15) is 0 Å². The van der Waals surface area contributed by atoms with Gasteiger partial charge in [0.05, 0.1) is 0 Å². The Labute approximate surface area is 90.3 Å². The van der Waals surface area contributed by atoms with Crippen molar-refractivity contribution in [3.8, 4) is 0 Å². The van der Waals surface area contributed by atoms with Crippen LogP contribution in [-0.4, -0.2) is 10.2 Å². The summed E-state index contributed by atoms with van der Waals surface area (Å²) in [7, 11) is 0. The highest BCUT2D eigenvalue weighted by Gasteiger charge is 2.40. The Morgan fingerprint density at radius 1 is 1.33 bits per heavy atom. The molecule has 1 aliphatic rings. The number of aromatic nitrogens is 2. The van der Waals surface area contributed by atoms with E-state index in [1.54, 1.807) is 0 Å². The summed E-state index contributed by atoms with van der Waals surface area (Å²) >= 11 is 0. The molecule has 0 radical (unpaired) electrons. The molecule has 0 unspecified atom stereocenters. The molecule has 0 aliphatic heterocycles. The van der Waals surface area contributed by atoms with Crippen molar-refractivity contribution >= 4 is 6.01 Å². The quantitative estimate of drug-likeness (QED) is 0.830. The topological polar surface area (TPSA) is 64.9 Å². The summed E-state index contributed by atoms with van der Waals surface area (Å²) in [6.45, 7) is 4.47. The highest BCUT2D eigenvalue weighted by molar-refractivity contribution is 5.13. The summed E-state index contributed by atoms with van der Waals surface area (Å²) in [5, 5.41) is 7.86. The van der Waals surface area contributed by atoms with Crippen molar-refractivity contribution in [2.24, 2.45) is 5.92 Å². The Balaban J connectivity index is 2.26. The maximum Gasteiger partial charge on any atom is 0.312 e. The van der Waals surface area contributed by atoms with E-state index in [0.717, 1.165) is 25.2 Å². The molecule has 0 spiro atoms. The van der Waals surface area contributed by atoms with Crippen LogP contribution in [0, 0.1) is 5.92 Å². The summed E-state index contributed by atoms with van der Waals surface area (Å²) in [6.07, 6.45) is 5.96. The average Bonchev–Trinajstić information content (AvgIpc) is 2.73. The normalized spacial score (nSPS) is 19.9. The molecule has 0 amide bonds. The fourth-order valence-electron chi connectivity index (χ4n) is 2.79. The minimum Gasteiger partial charge on any atom is -0.408 e. The molecule has 84 valence electrons. The lowest BCUT2D eigenvalue weighted by Crippen LogP contribution is -2.24. The van der Waals surface area contributed by atoms with Gasteiger partial charge in [-0.2, -0.15) is 0 Å². The molecule has 2 rings (SSSR count). The molecule has 4 heteroatoms. The lowest BCUT2D eigenvalue weighted by molar-refractivity contribution is 0.277. The summed E-state index contributed by atoms with van der Waals surface area (Å²) < 4.78 is 5.43. The standard InChI is InChI=1S/C11H19N3O/c1-8(2)7-11(5-3-4-6-11)9-13-14-10(12)15-9/h8H,3-7H2,1-2H3,(H2,12,14). The molecule has 4 nitrogen and oxygen atoms in total. The van der Waals surface area contributed by atoms with Gasteiger partial charge in [-0.15, -0.1) is 5.10 Å². The molecule has 0 aromatic carbocycles. The zero-order valence-electron chi connectivity index (χ0n) is 9.49. The van der Waals surface area contributed by atoms with E-state index in [1.807, 2.05) is 0 Å². The zero-order chi connectivity index (χ0) is 10.9. The van der Waals surface area contributed by atoms with Crippen molar-refractivity contribution in [3.05, 3.63) is 5.89 Å². The largest absolute Gasteiger partial charge is 0.408 e. The molecule has 15 heavy (non-hydrogen) atoms. The third kappa shape index (κ3) is 1.98. The van der Waals surface area contributed by atoms with Gasteiger partial charge in [-0.25, -0.2) is 0 Å². The Morgan fingerprint density at radius 2 is 2.00 bits per heavy atom. The number of hydrogen-bond donors (Lipinski definition) is 1. The van der Waals surface area contributed by atoms with Crippen LogP contribution in [0.5, 0.6) is 0 Å². The van der Waals surface area contributed by atoms with E-state index in [4.69, 9.17) is 10.2 Å². The van der Waals surface area contributed by atoms with Crippen LogP contribution in [0.2, 0.25) is 0 Å². The van der Waals surface area contributed by atoms with Crippen LogP contribution >= 0.6 is 0 Å². The van der Waals surface area contributed by atoms with Crippen LogP contribution < -0.4 is 5.73 Å². The fraction of sp³-hybridized carbons (Fsp3) is 0.818. The molecule has 1 aromatic rings. The van der Waals surface area contributed by atoms with E-state index < -0.39 is 0 Å². The maximum atomic E-state index is 5.50. The monoisotopic (exact) mass is 209 g/mol. The summed E-state index contributed by atoms with van der Waals surface area (Å²) in [6, 6.07) is 0.194. The second-order valence-electron chi connectivity index (χ2n) is 5.03. The first kappa shape index (κ1) is 10.5. The minimum absolute atomic E-state index is 0.110. The van der Waals surface area contributed by atoms with E-state index in [1.165, 1.54) is 12.8 Å². The van der Waals surface area contributed by atoms with Gasteiger partial charge < -0.3 is 10.2 Å². The van der Waals surface area contributed by atoms with Crippen molar-refractivity contribution in [2.45, 2.75) is 51.4 Å². The van der Waals surface area contributed by atoms with Gasteiger partial charge in [-0.3, -0.25) is 0 Å². The molecule has 1 saturated carbocycles. The molecule has 1 heterocycles. The Hall–Kier alpha value is -1.06. The highest BCUT2D eigenvalue weighted by atomic mass is 16.4. The molecular formula is C11H19N3O. The summed E-state index contributed by atoms with van der Waals surface area (Å²) in [5.41, 5.74) is 5.61. The van der Waals surface area contributed by atoms with E-state index >= 15 is 0 Å². The number of nitrogens with two attached hydrogens (primary N) is 1. The van der Waals surface area contributed by atoms with Crippen LogP contribution in [0.3, 0.4) is 0 Å². The second-order valence-corrected chi connectivity index (χ2v) is 5.03. The molecule has 0 atom stereocenters. The molecular weight excluding hydrogens is 190 g/mol. The van der Waals surface area contributed by atoms with Gasteiger partial charge in [0.15, 0.2) is 0 Å². The fourth-order valence-corrected chi connectivity index (χ4v) is 2.79. The molecule has 0 saturated heterocycles. The maximum absolute atomic E-state index is 5.50. The predicted molar refractivity (Wildman–Crippen MR) is 58.3 cm³/mol. The number of nitrogen functional groups attached to an aromatic ring is 1. The SMILES string of the molecule is CC(C)CC1(c2nnc(N)o2)CCCC1. The smallest absolute Gasteiger partial charge is 0.312 e. The molecule has 0 bridgehead atoms. The van der Waals surface area contributed by atoms with Gasteiger partial charge in [-0.1, -0.05) is 31.8 Å². The van der Waals surface area contributed by atoms with Crippen LogP contribution in [-0.2, 0) is 5.41 Å². The van der Waals surface area contributed by atoms with Gasteiger partial charge in [0.2, 0.25) is 5.89 Å². The van der Waals surface area contributed by atoms with Crippen LogP contribution in [0.15, 0.2) is 4.42 Å². The van der Waals surface area contributed by atoms with Crippen LogP contribution in [0.1, 0.15) is 51.8 Å². The molecule has 1 fully saturated rings. The van der Waals surface area contributed by atoms with E-state index in [2.05, 4.69) is 24.0 Å². The van der Waals surface area contributed by atoms with Crippen LogP contribution in [0.25, 0.3) is 0 Å². The third-order valence-corrected chi connectivity index (χ3v) is 3.25. The first-order chi connectivity index (χ1) is 7.12. The van der Waals surface area contributed by atoms with Gasteiger partial charge in [0, 0.05) is 5.41 Å². The second kappa shape index (κ2) is 3.83. The van der Waals surface area contributed by atoms with Crippen molar-refractivity contribution in [1.29, 1.82) is 0 Å². The van der Waals surface area contributed by atoms with Crippen molar-refractivity contribution in [2.75, 3.05) is 5.73 Å². The van der Waals surface area contributed by atoms with E-state index in [0.29, 0.717) is 5.92 Å². The minimum atomic E-state index is 0.110. The Kier molecular flexibility index (Phi) is 2.67. The van der Waals surface area contributed by atoms with Crippen molar-refractivity contribution < 1.29 is 4.42 Å². The number of rotatable bonds is 3. The summed E-state index contributed by atoms with van der Waals surface area (Å²) in [5.74, 6) is 1.41. The van der Waals surface area contributed by atoms with E-state index in [9.17, 15) is 0 Å². The first-order valence-corrected chi connectivity index (χ1v) is 5.72. The van der Waals surface area contributed by atoms with Gasteiger partial charge >= 0.3 is 6.01 Å². The lowest BCUT2D eigenvalue weighted by Gasteiger charge is -2.26. The molecule has 1 aromatic heterocycles. The highest BCUT2D eigenvalue weighted by Crippen LogP contribution is 2.45. The van der Waals surface area contributed by atoms with Crippen LogP contribution in [0.4, 0.5) is 6.01 Å². The Morgan fingerprint density at radius 3 is 2.47 bits per heavy atom. The average molecular weight is 209 g/mol. The first-order valence-electron chi connectivity index (χ1n) is 5.72. The van der Waals surface area contributed by atoms with Gasteiger partial charge in [-0.05, 0) is 25.2 Å². The number of anilines is 1. The number of hydrogen-bond acceptors (Lipinski definition) is 4. The molecule has 2 N–H and O–H groups in total. The Bertz CT molecular complexity index is 326. The van der Waals surface area contributed by atoms with Crippen molar-refractivity contribution in [3.63, 3.8) is 0 Å². The van der Waals surface area contributed by atoms with E-state index in [-0.39, 0.29) is 11.4 Å². The van der Waals surface area contributed by atoms with Gasteiger partial charge in [0.25, 0.3) is 0 Å². The third-order valence-electron chi connectivity index (χ3n) is 3.25. The predicted octanol–water partition coefficient (Wildman–Crippen LogP) is 2.51.